The van der Waals surface area contributed by atoms with E-state index >= 15 is 0 Å². The van der Waals surface area contributed by atoms with Crippen molar-refractivity contribution in [1.82, 2.24) is 4.90 Å². The zero-order chi connectivity index (χ0) is 11.9. The number of β-lactam (4-membered cyclic amide) rings is 1. The van der Waals surface area contributed by atoms with Crippen molar-refractivity contribution in [3.63, 3.8) is 0 Å². The lowest BCUT2D eigenvalue weighted by Crippen LogP contribution is -2.53. The van der Waals surface area contributed by atoms with Crippen LogP contribution in [0.25, 0.3) is 0 Å². The molecule has 2 aliphatic heterocycles. The predicted octanol–water partition coefficient (Wildman–Crippen LogP) is 1.55. The number of carbonyl (C=O) groups is 2. The molecule has 0 N–H and O–H groups in total. The van der Waals surface area contributed by atoms with Gasteiger partial charge in [-0.15, -0.1) is 11.8 Å². The molecule has 6 heteroatoms. The van der Waals surface area contributed by atoms with Crippen molar-refractivity contribution in [2.45, 2.75) is 31.4 Å². The molecule has 0 bridgehead atoms. The van der Waals surface area contributed by atoms with Gasteiger partial charge in [-0.05, 0) is 25.7 Å². The van der Waals surface area contributed by atoms with Crippen LogP contribution in [0.2, 0.25) is 19.6 Å². The van der Waals surface area contributed by atoms with Crippen molar-refractivity contribution < 1.29 is 14.0 Å². The van der Waals surface area contributed by atoms with Crippen molar-refractivity contribution in [2.24, 2.45) is 0 Å². The second-order valence-corrected chi connectivity index (χ2v) is 10.5. The number of nitrogens with zero attached hydrogens (tertiary/aromatic N) is 1. The van der Waals surface area contributed by atoms with E-state index in [0.29, 0.717) is 12.1 Å². The molecular formula is C10H15NO3SSi. The highest BCUT2D eigenvalue weighted by Crippen LogP contribution is 2.37. The van der Waals surface area contributed by atoms with Crippen LogP contribution in [-0.4, -0.2) is 36.2 Å². The molecule has 2 heterocycles. The van der Waals surface area contributed by atoms with E-state index in [4.69, 9.17) is 4.43 Å². The van der Waals surface area contributed by atoms with Crippen molar-refractivity contribution in [3.8, 4) is 0 Å². The molecule has 0 aliphatic carbocycles. The third-order valence-corrected chi connectivity index (χ3v) is 4.26. The van der Waals surface area contributed by atoms with Crippen LogP contribution in [0.1, 0.15) is 6.42 Å². The summed E-state index contributed by atoms with van der Waals surface area (Å²) in [4.78, 5) is 24.9. The van der Waals surface area contributed by atoms with Gasteiger partial charge >= 0.3 is 5.97 Å². The minimum Gasteiger partial charge on any atom is -0.515 e. The summed E-state index contributed by atoms with van der Waals surface area (Å²) in [6.07, 6.45) is 2.34. The Morgan fingerprint density at radius 1 is 1.56 bits per heavy atom. The molecule has 0 aromatic carbocycles. The lowest BCUT2D eigenvalue weighted by molar-refractivity contribution is -0.145. The monoisotopic (exact) mass is 257 g/mol. The average molecular weight is 257 g/mol. The Morgan fingerprint density at radius 3 is 2.81 bits per heavy atom. The molecule has 1 amide bonds. The van der Waals surface area contributed by atoms with Gasteiger partial charge in [0.2, 0.25) is 14.2 Å². The summed E-state index contributed by atoms with van der Waals surface area (Å²) in [5.74, 6) is 0.471. The van der Waals surface area contributed by atoms with E-state index in [1.807, 2.05) is 19.6 Å². The summed E-state index contributed by atoms with van der Waals surface area (Å²) < 4.78 is 5.41. The van der Waals surface area contributed by atoms with Gasteiger partial charge in [-0.2, -0.15) is 0 Å². The van der Waals surface area contributed by atoms with Crippen molar-refractivity contribution in [2.75, 3.05) is 5.75 Å². The quantitative estimate of drug-likeness (QED) is 0.556. The number of rotatable bonds is 2. The maximum Gasteiger partial charge on any atom is 0.341 e. The second-order valence-electron chi connectivity index (χ2n) is 4.85. The second kappa shape index (κ2) is 3.92. The maximum absolute atomic E-state index is 11.9. The smallest absolute Gasteiger partial charge is 0.341 e. The van der Waals surface area contributed by atoms with E-state index in [1.54, 1.807) is 22.7 Å². The maximum atomic E-state index is 11.9. The molecule has 0 aromatic heterocycles. The molecule has 0 spiro atoms. The molecule has 2 aliphatic rings. The Morgan fingerprint density at radius 2 is 2.25 bits per heavy atom. The predicted molar refractivity (Wildman–Crippen MR) is 65.2 cm³/mol. The zero-order valence-electron chi connectivity index (χ0n) is 9.65. The average Bonchev–Trinajstić information content (AvgIpc) is 2.12. The lowest BCUT2D eigenvalue weighted by Gasteiger charge is -2.43. The normalized spacial score (nSPS) is 24.4. The Hall–Kier alpha value is -0.753. The largest absolute Gasteiger partial charge is 0.515 e. The van der Waals surface area contributed by atoms with Gasteiger partial charge < -0.3 is 4.43 Å². The first-order chi connectivity index (χ1) is 7.38. The summed E-state index contributed by atoms with van der Waals surface area (Å²) in [6, 6.07) is 0. The fourth-order valence-corrected chi connectivity index (χ4v) is 3.44. The number of fused-ring (bicyclic) bond motifs is 1. The lowest BCUT2D eigenvalue weighted by atomic mass is 10.1. The highest BCUT2D eigenvalue weighted by molar-refractivity contribution is 8.00. The summed E-state index contributed by atoms with van der Waals surface area (Å²) in [7, 11) is -1.89. The number of amides is 1. The summed E-state index contributed by atoms with van der Waals surface area (Å²) in [6.45, 7) is 5.87. The molecular weight excluding hydrogens is 242 g/mol. The first kappa shape index (κ1) is 11.7. The summed E-state index contributed by atoms with van der Waals surface area (Å²) in [5.41, 5.74) is 0.447. The van der Waals surface area contributed by atoms with Crippen molar-refractivity contribution in [3.05, 3.63) is 11.8 Å². The van der Waals surface area contributed by atoms with Crippen LogP contribution < -0.4 is 0 Å². The Balaban J connectivity index is 2.11. The fraction of sp³-hybridized carbons (Fsp3) is 0.600. The molecule has 0 aromatic rings. The first-order valence-electron chi connectivity index (χ1n) is 5.26. The number of hydrogen-bond donors (Lipinski definition) is 0. The highest BCUT2D eigenvalue weighted by Gasteiger charge is 2.43. The van der Waals surface area contributed by atoms with Gasteiger partial charge in [0.1, 0.15) is 5.70 Å². The third kappa shape index (κ3) is 2.17. The van der Waals surface area contributed by atoms with E-state index in [9.17, 15) is 9.59 Å². The van der Waals surface area contributed by atoms with Crippen LogP contribution in [0.4, 0.5) is 0 Å². The van der Waals surface area contributed by atoms with Crippen molar-refractivity contribution in [1.29, 1.82) is 0 Å². The first-order valence-corrected chi connectivity index (χ1v) is 9.71. The summed E-state index contributed by atoms with van der Waals surface area (Å²) >= 11 is 1.69. The van der Waals surface area contributed by atoms with Crippen molar-refractivity contribution >= 4 is 32.0 Å². The number of thioether (sulfide) groups is 1. The number of carbonyl (C=O) groups excluding carboxylic acids is 2. The molecule has 0 saturated carbocycles. The molecule has 4 nitrogen and oxygen atoms in total. The minimum absolute atomic E-state index is 0.0241. The standard InChI is InChI=1S/C10H15NO3SSi/c1-16(2,3)14-10(13)7-4-5-15-9-6-8(12)11(7)9/h4,9H,5-6H2,1-3H3. The van der Waals surface area contributed by atoms with Crippen LogP contribution in [0.15, 0.2) is 11.8 Å². The molecule has 1 saturated heterocycles. The van der Waals surface area contributed by atoms with Gasteiger partial charge in [0.15, 0.2) is 0 Å². The van der Waals surface area contributed by atoms with Crippen LogP contribution in [0, 0.1) is 0 Å². The van der Waals surface area contributed by atoms with Gasteiger partial charge in [0, 0.05) is 5.75 Å². The summed E-state index contributed by atoms with van der Waals surface area (Å²) in [5, 5.41) is 0.154. The van der Waals surface area contributed by atoms with Gasteiger partial charge in [-0.25, -0.2) is 4.79 Å². The van der Waals surface area contributed by atoms with Gasteiger partial charge in [-0.1, -0.05) is 0 Å². The Labute approximate surface area is 100 Å². The molecule has 88 valence electrons. The molecule has 1 fully saturated rings. The molecule has 2 rings (SSSR count). The van der Waals surface area contributed by atoms with Gasteiger partial charge in [0.05, 0.1) is 11.8 Å². The van der Waals surface area contributed by atoms with E-state index in [-0.39, 0.29) is 17.3 Å². The Kier molecular flexibility index (Phi) is 2.87. The highest BCUT2D eigenvalue weighted by atomic mass is 32.2. The minimum atomic E-state index is -1.89. The molecule has 1 atom stereocenters. The topological polar surface area (TPSA) is 46.6 Å². The van der Waals surface area contributed by atoms with E-state index in [1.165, 1.54) is 0 Å². The van der Waals surface area contributed by atoms with Crippen LogP contribution in [-0.2, 0) is 14.0 Å². The van der Waals surface area contributed by atoms with Crippen LogP contribution >= 0.6 is 11.8 Å². The van der Waals surface area contributed by atoms with Gasteiger partial charge in [-0.3, -0.25) is 9.69 Å². The van der Waals surface area contributed by atoms with Crippen LogP contribution in [0.5, 0.6) is 0 Å². The number of hydrogen-bond acceptors (Lipinski definition) is 4. The SMILES string of the molecule is C[Si](C)(C)OC(=O)C1=CCSC2CC(=O)N12. The third-order valence-electron chi connectivity index (χ3n) is 2.34. The van der Waals surface area contributed by atoms with Gasteiger partial charge in [0.25, 0.3) is 0 Å². The van der Waals surface area contributed by atoms with E-state index in [0.717, 1.165) is 5.75 Å². The fourth-order valence-electron chi connectivity index (χ4n) is 1.66. The molecule has 16 heavy (non-hydrogen) atoms. The van der Waals surface area contributed by atoms with Crippen LogP contribution in [0.3, 0.4) is 0 Å². The zero-order valence-corrected chi connectivity index (χ0v) is 11.5. The molecule has 1 unspecified atom stereocenters. The Bertz CT molecular complexity index is 375. The van der Waals surface area contributed by atoms with E-state index in [2.05, 4.69) is 0 Å². The molecule has 0 radical (unpaired) electrons. The van der Waals surface area contributed by atoms with E-state index < -0.39 is 8.32 Å².